The van der Waals surface area contributed by atoms with E-state index >= 15 is 0 Å². The van der Waals surface area contributed by atoms with Crippen molar-refractivity contribution in [2.45, 2.75) is 58.2 Å². The predicted molar refractivity (Wildman–Crippen MR) is 100 cm³/mol. The van der Waals surface area contributed by atoms with Gasteiger partial charge in [0.05, 0.1) is 13.8 Å². The molecule has 2 rings (SSSR count). The summed E-state index contributed by atoms with van der Waals surface area (Å²) in [5.74, 6) is 0. The zero-order chi connectivity index (χ0) is 16.3. The minimum atomic E-state index is -1.61. The Morgan fingerprint density at radius 3 is 1.82 bits per heavy atom. The number of aromatic nitrogens is 1. The molecule has 0 aliphatic heterocycles. The minimum Gasteiger partial charge on any atom is -0.256 e. The molecule has 0 atom stereocenters. The molecule has 0 radical (unpaired) electrons. The van der Waals surface area contributed by atoms with Crippen LogP contribution in [0.15, 0.2) is 48.7 Å². The smallest absolute Gasteiger partial charge is 0.0944 e. The molecule has 2 heteroatoms. The average Bonchev–Trinajstić information content (AvgIpc) is 2.48. The van der Waals surface area contributed by atoms with E-state index in [1.54, 1.807) is 5.19 Å². The van der Waals surface area contributed by atoms with E-state index < -0.39 is 8.07 Å². The molecule has 22 heavy (non-hydrogen) atoms. The summed E-state index contributed by atoms with van der Waals surface area (Å²) in [5.41, 5.74) is 4.48. The SMILES string of the molecule is CC(C)[Si](c1ccnc(-c2ccccc2)c1)(C(C)C)C(C)C. The van der Waals surface area contributed by atoms with Gasteiger partial charge in [-0.25, -0.2) is 0 Å². The zero-order valence-corrected chi connectivity index (χ0v) is 15.8. The Labute approximate surface area is 136 Å². The van der Waals surface area contributed by atoms with Crippen LogP contribution in [0.25, 0.3) is 11.3 Å². The fourth-order valence-corrected chi connectivity index (χ4v) is 11.2. The molecular formula is C20H29NSi. The lowest BCUT2D eigenvalue weighted by atomic mass is 10.1. The number of hydrogen-bond donors (Lipinski definition) is 0. The third kappa shape index (κ3) is 2.89. The molecule has 2 aromatic rings. The van der Waals surface area contributed by atoms with Crippen molar-refractivity contribution < 1.29 is 0 Å². The maximum absolute atomic E-state index is 4.62. The van der Waals surface area contributed by atoms with Gasteiger partial charge >= 0.3 is 0 Å². The molecule has 0 fully saturated rings. The third-order valence-corrected chi connectivity index (χ3v) is 12.2. The Kier molecular flexibility index (Phi) is 5.22. The number of benzene rings is 1. The first-order valence-electron chi connectivity index (χ1n) is 8.42. The van der Waals surface area contributed by atoms with Gasteiger partial charge in [0.2, 0.25) is 0 Å². The van der Waals surface area contributed by atoms with Crippen LogP contribution in [0, 0.1) is 0 Å². The lowest BCUT2D eigenvalue weighted by molar-refractivity contribution is 0.835. The maximum Gasteiger partial charge on any atom is 0.0944 e. The summed E-state index contributed by atoms with van der Waals surface area (Å²) >= 11 is 0. The van der Waals surface area contributed by atoms with Gasteiger partial charge in [0.15, 0.2) is 0 Å². The van der Waals surface area contributed by atoms with Gasteiger partial charge in [-0.05, 0) is 28.8 Å². The molecule has 0 unspecified atom stereocenters. The molecular weight excluding hydrogens is 282 g/mol. The molecule has 0 aliphatic rings. The molecule has 1 nitrogen and oxygen atoms in total. The van der Waals surface area contributed by atoms with Crippen LogP contribution in [0.5, 0.6) is 0 Å². The largest absolute Gasteiger partial charge is 0.256 e. The van der Waals surface area contributed by atoms with Crippen molar-refractivity contribution in [1.82, 2.24) is 4.98 Å². The zero-order valence-electron chi connectivity index (χ0n) is 14.8. The van der Waals surface area contributed by atoms with Crippen LogP contribution in [0.2, 0.25) is 16.6 Å². The van der Waals surface area contributed by atoms with Gasteiger partial charge in [-0.2, -0.15) is 0 Å². The Bertz CT molecular complexity index is 580. The summed E-state index contributed by atoms with van der Waals surface area (Å²) in [7, 11) is -1.61. The van der Waals surface area contributed by atoms with Crippen LogP contribution >= 0.6 is 0 Å². The van der Waals surface area contributed by atoms with Crippen LogP contribution in [-0.4, -0.2) is 13.1 Å². The molecule has 1 aromatic carbocycles. The maximum atomic E-state index is 4.62. The van der Waals surface area contributed by atoms with E-state index in [2.05, 4.69) is 89.0 Å². The Balaban J connectivity index is 2.59. The lowest BCUT2D eigenvalue weighted by Gasteiger charge is -2.43. The first-order valence-corrected chi connectivity index (χ1v) is 10.7. The Morgan fingerprint density at radius 1 is 0.773 bits per heavy atom. The van der Waals surface area contributed by atoms with Gasteiger partial charge in [-0.15, -0.1) is 0 Å². The molecule has 0 spiro atoms. The van der Waals surface area contributed by atoms with Crippen molar-refractivity contribution in [1.29, 1.82) is 0 Å². The quantitative estimate of drug-likeness (QED) is 0.652. The molecule has 0 saturated carbocycles. The average molecular weight is 312 g/mol. The molecule has 0 aliphatic carbocycles. The standard InChI is InChI=1S/C20H29NSi/c1-15(2)22(16(3)4,17(5)6)19-12-13-21-20(14-19)18-10-8-7-9-11-18/h7-17H,1-6H3. The predicted octanol–water partition coefficient (Wildman–Crippen LogP) is 5.63. The fourth-order valence-electron chi connectivity index (χ4n) is 4.47. The molecule has 0 bridgehead atoms. The van der Waals surface area contributed by atoms with E-state index in [9.17, 15) is 0 Å². The first kappa shape index (κ1) is 16.9. The van der Waals surface area contributed by atoms with Crippen molar-refractivity contribution in [2.75, 3.05) is 0 Å². The van der Waals surface area contributed by atoms with Gasteiger partial charge in [0.1, 0.15) is 0 Å². The highest BCUT2D eigenvalue weighted by atomic mass is 28.3. The third-order valence-electron chi connectivity index (χ3n) is 5.20. The number of hydrogen-bond acceptors (Lipinski definition) is 1. The topological polar surface area (TPSA) is 12.9 Å². The summed E-state index contributed by atoms with van der Waals surface area (Å²) < 4.78 is 0. The molecule has 0 saturated heterocycles. The van der Waals surface area contributed by atoms with Crippen molar-refractivity contribution in [2.24, 2.45) is 0 Å². The number of nitrogens with zero attached hydrogens (tertiary/aromatic N) is 1. The van der Waals surface area contributed by atoms with Gasteiger partial charge in [-0.1, -0.05) is 77.1 Å². The Morgan fingerprint density at radius 2 is 1.32 bits per heavy atom. The summed E-state index contributed by atoms with van der Waals surface area (Å²) in [6.07, 6.45) is 2.01. The van der Waals surface area contributed by atoms with E-state index in [0.717, 1.165) is 22.3 Å². The monoisotopic (exact) mass is 311 g/mol. The second-order valence-corrected chi connectivity index (χ2v) is 13.1. The van der Waals surface area contributed by atoms with Crippen molar-refractivity contribution in [3.63, 3.8) is 0 Å². The van der Waals surface area contributed by atoms with E-state index in [1.807, 2.05) is 6.20 Å². The van der Waals surface area contributed by atoms with Gasteiger partial charge < -0.3 is 0 Å². The number of pyridine rings is 1. The molecule has 0 N–H and O–H groups in total. The normalized spacial score (nSPS) is 12.4. The summed E-state index contributed by atoms with van der Waals surface area (Å²) in [5, 5.41) is 1.56. The Hall–Kier alpha value is -1.41. The summed E-state index contributed by atoms with van der Waals surface area (Å²) in [6.45, 7) is 14.5. The van der Waals surface area contributed by atoms with Crippen LogP contribution < -0.4 is 5.19 Å². The van der Waals surface area contributed by atoms with Gasteiger partial charge in [0.25, 0.3) is 0 Å². The highest BCUT2D eigenvalue weighted by Gasteiger charge is 2.44. The minimum absolute atomic E-state index is 0.721. The van der Waals surface area contributed by atoms with Crippen LogP contribution in [0.1, 0.15) is 41.5 Å². The second kappa shape index (κ2) is 6.78. The number of rotatable bonds is 5. The summed E-state index contributed by atoms with van der Waals surface area (Å²) in [4.78, 5) is 4.62. The lowest BCUT2D eigenvalue weighted by Crippen LogP contribution is -2.55. The second-order valence-electron chi connectivity index (χ2n) is 7.19. The summed E-state index contributed by atoms with van der Waals surface area (Å²) in [6, 6.07) is 15.2. The molecule has 0 amide bonds. The molecule has 118 valence electrons. The first-order chi connectivity index (χ1) is 10.4. The van der Waals surface area contributed by atoms with Crippen molar-refractivity contribution in [3.8, 4) is 11.3 Å². The van der Waals surface area contributed by atoms with E-state index in [4.69, 9.17) is 0 Å². The van der Waals surface area contributed by atoms with E-state index in [-0.39, 0.29) is 0 Å². The van der Waals surface area contributed by atoms with Gasteiger partial charge in [-0.3, -0.25) is 4.98 Å². The van der Waals surface area contributed by atoms with Crippen molar-refractivity contribution in [3.05, 3.63) is 48.7 Å². The van der Waals surface area contributed by atoms with Crippen LogP contribution in [-0.2, 0) is 0 Å². The fraction of sp³-hybridized carbons (Fsp3) is 0.450. The molecule has 1 aromatic heterocycles. The highest BCUT2D eigenvalue weighted by molar-refractivity contribution is 6.95. The molecule has 1 heterocycles. The highest BCUT2D eigenvalue weighted by Crippen LogP contribution is 2.41. The van der Waals surface area contributed by atoms with Gasteiger partial charge in [0, 0.05) is 11.8 Å². The van der Waals surface area contributed by atoms with Crippen LogP contribution in [0.4, 0.5) is 0 Å². The van der Waals surface area contributed by atoms with E-state index in [0.29, 0.717) is 0 Å². The van der Waals surface area contributed by atoms with E-state index in [1.165, 1.54) is 5.56 Å². The van der Waals surface area contributed by atoms with Crippen molar-refractivity contribution >= 4 is 13.3 Å². The van der Waals surface area contributed by atoms with Crippen LogP contribution in [0.3, 0.4) is 0 Å².